The van der Waals surface area contributed by atoms with E-state index in [9.17, 15) is 22.9 Å². The second kappa shape index (κ2) is 10.7. The fraction of sp³-hybridized carbons (Fsp3) is 0.208. The Hall–Kier alpha value is -5.08. The summed E-state index contributed by atoms with van der Waals surface area (Å²) in [4.78, 5) is 35.8. The maximum Gasteiger partial charge on any atom is 0.435 e. The van der Waals surface area contributed by atoms with E-state index in [1.165, 1.54) is 39.6 Å². The molecule has 0 spiro atoms. The molecule has 0 aliphatic carbocycles. The summed E-state index contributed by atoms with van der Waals surface area (Å²) in [5.41, 5.74) is 2.49. The van der Waals surface area contributed by atoms with Gasteiger partial charge in [0.1, 0.15) is 11.3 Å². The number of nitroso groups, excluding NO2 is 1. The Bertz CT molecular complexity index is 1560. The number of nitrogens with zero attached hydrogens (tertiary/aromatic N) is 6. The quantitative estimate of drug-likeness (QED) is 0.242. The molecule has 12 nitrogen and oxygen atoms in total. The predicted octanol–water partition coefficient (Wildman–Crippen LogP) is 4.53. The Morgan fingerprint density at radius 1 is 1.03 bits per heavy atom. The first-order valence-electron chi connectivity index (χ1n) is 11.1. The zero-order chi connectivity index (χ0) is 28.3. The molecule has 0 fully saturated rings. The van der Waals surface area contributed by atoms with Gasteiger partial charge in [-0.2, -0.15) is 23.3 Å². The van der Waals surface area contributed by atoms with Crippen LogP contribution in [-0.2, 0) is 6.18 Å². The first-order chi connectivity index (χ1) is 18.5. The van der Waals surface area contributed by atoms with Crippen LogP contribution in [0, 0.1) is 18.8 Å². The maximum absolute atomic E-state index is 13.5. The van der Waals surface area contributed by atoms with Crippen molar-refractivity contribution in [2.75, 3.05) is 19.5 Å². The number of carbonyl (C=O) groups excluding carboxylic acids is 1. The topological polar surface area (TPSA) is 146 Å². The third-order valence-electron chi connectivity index (χ3n) is 5.44. The number of aryl methyl sites for hydroxylation is 2. The second-order valence-electron chi connectivity index (χ2n) is 8.19. The zero-order valence-electron chi connectivity index (χ0n) is 21.0. The van der Waals surface area contributed by atoms with Crippen molar-refractivity contribution >= 4 is 17.5 Å². The molecule has 0 saturated carbocycles. The summed E-state index contributed by atoms with van der Waals surface area (Å²) < 4.78 is 51.8. The van der Waals surface area contributed by atoms with Crippen molar-refractivity contribution in [2.24, 2.45) is 5.29 Å². The van der Waals surface area contributed by atoms with E-state index >= 15 is 0 Å². The summed E-state index contributed by atoms with van der Waals surface area (Å²) in [5, 5.41) is 9.10. The molecule has 4 aromatic rings. The number of carbonyl (C=O) groups is 1. The summed E-state index contributed by atoms with van der Waals surface area (Å²) in [6.45, 7) is 3.30. The summed E-state index contributed by atoms with van der Waals surface area (Å²) in [5.74, 6) is -0.419. The van der Waals surface area contributed by atoms with Gasteiger partial charge in [0.25, 0.3) is 5.91 Å². The molecule has 4 rings (SSSR count). The van der Waals surface area contributed by atoms with E-state index in [-0.39, 0.29) is 40.0 Å². The molecule has 1 amide bonds. The van der Waals surface area contributed by atoms with Crippen molar-refractivity contribution in [2.45, 2.75) is 20.0 Å². The molecule has 0 aliphatic rings. The minimum atomic E-state index is -4.70. The summed E-state index contributed by atoms with van der Waals surface area (Å²) >= 11 is 0. The highest BCUT2D eigenvalue weighted by Crippen LogP contribution is 2.33. The number of amides is 1. The average Bonchev–Trinajstić information content (AvgIpc) is 3.30. The van der Waals surface area contributed by atoms with Crippen molar-refractivity contribution in [1.29, 1.82) is 0 Å². The second-order valence-corrected chi connectivity index (χ2v) is 8.19. The van der Waals surface area contributed by atoms with Crippen LogP contribution in [0.25, 0.3) is 16.9 Å². The highest BCUT2D eigenvalue weighted by atomic mass is 19.4. The minimum absolute atomic E-state index is 0.0352. The molecule has 0 bridgehead atoms. The van der Waals surface area contributed by atoms with Crippen LogP contribution >= 0.6 is 0 Å². The van der Waals surface area contributed by atoms with Crippen molar-refractivity contribution in [3.05, 3.63) is 70.1 Å². The Balaban J connectivity index is 1.89. The molecule has 15 heteroatoms. The van der Waals surface area contributed by atoms with E-state index in [0.29, 0.717) is 11.4 Å². The molecular weight excluding hydrogens is 521 g/mol. The molecule has 0 saturated heterocycles. The molecule has 3 aromatic heterocycles. The van der Waals surface area contributed by atoms with E-state index in [0.717, 1.165) is 16.3 Å². The molecule has 0 unspecified atom stereocenters. The number of halogens is 3. The minimum Gasteiger partial charge on any atom is -0.497 e. The fourth-order valence-electron chi connectivity index (χ4n) is 3.72. The van der Waals surface area contributed by atoms with E-state index in [1.54, 1.807) is 17.6 Å². The maximum atomic E-state index is 13.5. The van der Waals surface area contributed by atoms with E-state index < -0.39 is 17.8 Å². The molecule has 0 radical (unpaired) electrons. The number of anilines is 2. The molecule has 202 valence electrons. The Morgan fingerprint density at radius 2 is 1.79 bits per heavy atom. The van der Waals surface area contributed by atoms with Crippen molar-refractivity contribution in [3.8, 4) is 28.6 Å². The number of methoxy groups -OCH3 is 2. The van der Waals surface area contributed by atoms with Crippen LogP contribution < -0.4 is 20.2 Å². The molecular formula is C24H21F3N8O4. The number of rotatable bonds is 8. The van der Waals surface area contributed by atoms with Gasteiger partial charge in [-0.25, -0.2) is 20.1 Å². The van der Waals surface area contributed by atoms with Crippen LogP contribution in [0.2, 0.25) is 0 Å². The van der Waals surface area contributed by atoms with Gasteiger partial charge in [-0.3, -0.25) is 4.79 Å². The van der Waals surface area contributed by atoms with E-state index in [2.05, 4.69) is 30.7 Å². The highest BCUT2D eigenvalue weighted by Gasteiger charge is 2.35. The Morgan fingerprint density at radius 3 is 2.44 bits per heavy atom. The number of hydrogen-bond acceptors (Lipinski definition) is 10. The lowest BCUT2D eigenvalue weighted by Crippen LogP contribution is -2.18. The van der Waals surface area contributed by atoms with E-state index in [4.69, 9.17) is 9.47 Å². The van der Waals surface area contributed by atoms with Gasteiger partial charge in [-0.05, 0) is 43.7 Å². The average molecular weight is 542 g/mol. The van der Waals surface area contributed by atoms with Crippen LogP contribution in [0.5, 0.6) is 11.6 Å². The monoisotopic (exact) mass is 542 g/mol. The van der Waals surface area contributed by atoms with Crippen molar-refractivity contribution in [1.82, 2.24) is 30.2 Å². The van der Waals surface area contributed by atoms with Crippen molar-refractivity contribution in [3.63, 3.8) is 0 Å². The smallest absolute Gasteiger partial charge is 0.435 e. The normalized spacial score (nSPS) is 11.2. The largest absolute Gasteiger partial charge is 0.497 e. The molecule has 39 heavy (non-hydrogen) atoms. The van der Waals surface area contributed by atoms with Crippen molar-refractivity contribution < 1.29 is 27.4 Å². The predicted molar refractivity (Wildman–Crippen MR) is 133 cm³/mol. The van der Waals surface area contributed by atoms with Gasteiger partial charge in [0.05, 0.1) is 19.5 Å². The number of benzene rings is 1. The molecule has 0 aliphatic heterocycles. The lowest BCUT2D eigenvalue weighted by atomic mass is 10.1. The molecule has 2 N–H and O–H groups in total. The van der Waals surface area contributed by atoms with Gasteiger partial charge in [-0.15, -0.1) is 4.91 Å². The SMILES string of the molecule is COc1cc(C)cc(Nc2ncc(-c3cnc(OC)c(C(=O)NN=O)c3)c(-n3nc(C(F)(F)F)cc3C)n2)c1. The lowest BCUT2D eigenvalue weighted by molar-refractivity contribution is -0.141. The summed E-state index contributed by atoms with van der Waals surface area (Å²) in [7, 11) is 2.79. The third-order valence-corrected chi connectivity index (χ3v) is 5.44. The number of hydrogen-bond donors (Lipinski definition) is 2. The Kier molecular flexibility index (Phi) is 7.42. The molecule has 0 atom stereocenters. The van der Waals surface area contributed by atoms with Crippen LogP contribution in [0.15, 0.2) is 48.0 Å². The van der Waals surface area contributed by atoms with Gasteiger partial charge in [-0.1, -0.05) is 0 Å². The van der Waals surface area contributed by atoms with Crippen LogP contribution in [0.4, 0.5) is 24.8 Å². The summed E-state index contributed by atoms with van der Waals surface area (Å²) in [6.07, 6.45) is -2.04. The van der Waals surface area contributed by atoms with Gasteiger partial charge >= 0.3 is 6.18 Å². The third kappa shape index (κ3) is 5.76. The first kappa shape index (κ1) is 27.0. The van der Waals surface area contributed by atoms with Crippen LogP contribution in [0.1, 0.15) is 27.3 Å². The zero-order valence-corrected chi connectivity index (χ0v) is 21.0. The number of ether oxygens (including phenoxy) is 2. The number of pyridine rings is 1. The lowest BCUT2D eigenvalue weighted by Gasteiger charge is -2.14. The standard InChI is InChI=1S/C24H21F3N8O4/c1-12-5-15(9-16(6-12)38-3)30-23-29-11-18(14-8-17(21(36)32-34-37)22(39-4)28-10-14)20(31-23)35-13(2)7-19(33-35)24(25,26)27/h5-11H,1-4H3,(H,29,30,31)(H,32,36,37). The van der Waals surface area contributed by atoms with Crippen LogP contribution in [0.3, 0.4) is 0 Å². The first-order valence-corrected chi connectivity index (χ1v) is 11.1. The Labute approximate surface area is 219 Å². The highest BCUT2D eigenvalue weighted by molar-refractivity contribution is 5.97. The van der Waals surface area contributed by atoms with Gasteiger partial charge in [0.2, 0.25) is 11.8 Å². The number of alkyl halides is 3. The van der Waals surface area contributed by atoms with Crippen LogP contribution in [-0.4, -0.2) is 44.9 Å². The number of nitrogens with one attached hydrogen (secondary N) is 2. The van der Waals surface area contributed by atoms with Gasteiger partial charge in [0.15, 0.2) is 11.5 Å². The summed E-state index contributed by atoms with van der Waals surface area (Å²) in [6, 6.07) is 7.52. The molecule has 3 heterocycles. The van der Waals surface area contributed by atoms with Gasteiger partial charge < -0.3 is 14.8 Å². The van der Waals surface area contributed by atoms with Gasteiger partial charge in [0, 0.05) is 41.0 Å². The van der Waals surface area contributed by atoms with E-state index in [1.807, 2.05) is 13.0 Å². The molecule has 1 aromatic carbocycles. The number of aromatic nitrogens is 5. The fourth-order valence-corrected chi connectivity index (χ4v) is 3.72.